The van der Waals surface area contributed by atoms with Gasteiger partial charge < -0.3 is 10.3 Å². The van der Waals surface area contributed by atoms with Crippen LogP contribution in [-0.4, -0.2) is 10.1 Å². The van der Waals surface area contributed by atoms with Crippen LogP contribution in [0.3, 0.4) is 0 Å². The van der Waals surface area contributed by atoms with E-state index in [9.17, 15) is 0 Å². The van der Waals surface area contributed by atoms with Gasteiger partial charge in [0.2, 0.25) is 5.89 Å². The third-order valence-electron chi connectivity index (χ3n) is 4.69. The van der Waals surface area contributed by atoms with Crippen LogP contribution in [-0.2, 0) is 5.54 Å². The molecule has 2 aliphatic carbocycles. The van der Waals surface area contributed by atoms with Crippen LogP contribution in [0.1, 0.15) is 76.4 Å². The van der Waals surface area contributed by atoms with Crippen LogP contribution in [0.25, 0.3) is 0 Å². The molecule has 1 heterocycles. The molecule has 0 bridgehead atoms. The van der Waals surface area contributed by atoms with Crippen molar-refractivity contribution in [2.75, 3.05) is 0 Å². The Morgan fingerprint density at radius 1 is 1.17 bits per heavy atom. The summed E-state index contributed by atoms with van der Waals surface area (Å²) in [6, 6.07) is 0. The third kappa shape index (κ3) is 2.07. The van der Waals surface area contributed by atoms with E-state index in [1.165, 1.54) is 25.7 Å². The molecular weight excluding hydrogens is 226 g/mol. The maximum absolute atomic E-state index is 6.50. The molecule has 100 valence electrons. The maximum atomic E-state index is 6.50. The van der Waals surface area contributed by atoms with Gasteiger partial charge in [0, 0.05) is 5.92 Å². The maximum Gasteiger partial charge on any atom is 0.230 e. The standard InChI is InChI=1S/C14H23N3O/c1-13(2)9-10(13)11-16-12(17-18-11)14(15)7-5-3-4-6-8-14/h10H,3-9,15H2,1-2H3. The fraction of sp³-hybridized carbons (Fsp3) is 0.857. The Kier molecular flexibility index (Phi) is 2.73. The largest absolute Gasteiger partial charge is 0.339 e. The molecule has 0 radical (unpaired) electrons. The molecule has 0 amide bonds. The molecule has 2 aliphatic rings. The molecule has 1 unspecified atom stereocenters. The van der Waals surface area contributed by atoms with Crippen molar-refractivity contribution in [3.05, 3.63) is 11.7 Å². The molecule has 0 aliphatic heterocycles. The minimum atomic E-state index is -0.350. The quantitative estimate of drug-likeness (QED) is 0.818. The van der Waals surface area contributed by atoms with Gasteiger partial charge in [-0.15, -0.1) is 0 Å². The zero-order valence-electron chi connectivity index (χ0n) is 11.4. The van der Waals surface area contributed by atoms with Gasteiger partial charge in [0.25, 0.3) is 0 Å². The summed E-state index contributed by atoms with van der Waals surface area (Å²) in [5.74, 6) is 1.97. The molecular formula is C14H23N3O. The zero-order valence-corrected chi connectivity index (χ0v) is 11.4. The predicted octanol–water partition coefficient (Wildman–Crippen LogP) is 3.09. The monoisotopic (exact) mass is 249 g/mol. The first-order chi connectivity index (χ1) is 8.51. The van der Waals surface area contributed by atoms with Gasteiger partial charge in [-0.25, -0.2) is 0 Å². The first-order valence-corrected chi connectivity index (χ1v) is 7.14. The van der Waals surface area contributed by atoms with Crippen LogP contribution in [0.15, 0.2) is 4.52 Å². The van der Waals surface area contributed by atoms with Gasteiger partial charge >= 0.3 is 0 Å². The highest BCUT2D eigenvalue weighted by Crippen LogP contribution is 2.58. The molecule has 2 saturated carbocycles. The Bertz CT molecular complexity index is 430. The van der Waals surface area contributed by atoms with Crippen molar-refractivity contribution >= 4 is 0 Å². The first-order valence-electron chi connectivity index (χ1n) is 7.14. The number of nitrogens with two attached hydrogens (primary N) is 1. The highest BCUT2D eigenvalue weighted by molar-refractivity contribution is 5.15. The van der Waals surface area contributed by atoms with Crippen molar-refractivity contribution in [2.24, 2.45) is 11.1 Å². The molecule has 4 nitrogen and oxygen atoms in total. The Labute approximate surface area is 108 Å². The van der Waals surface area contributed by atoms with Gasteiger partial charge in [-0.2, -0.15) is 4.98 Å². The Morgan fingerprint density at radius 2 is 1.78 bits per heavy atom. The summed E-state index contributed by atoms with van der Waals surface area (Å²) < 4.78 is 5.44. The molecule has 4 heteroatoms. The van der Waals surface area contributed by atoms with Crippen LogP contribution in [0.2, 0.25) is 0 Å². The Morgan fingerprint density at radius 3 is 2.33 bits per heavy atom. The van der Waals surface area contributed by atoms with Crippen molar-refractivity contribution in [1.29, 1.82) is 0 Å². The van der Waals surface area contributed by atoms with E-state index >= 15 is 0 Å². The van der Waals surface area contributed by atoms with E-state index < -0.39 is 0 Å². The topological polar surface area (TPSA) is 64.9 Å². The van der Waals surface area contributed by atoms with E-state index in [-0.39, 0.29) is 5.54 Å². The second-order valence-corrected chi connectivity index (χ2v) is 6.77. The summed E-state index contributed by atoms with van der Waals surface area (Å²) in [4.78, 5) is 4.60. The van der Waals surface area contributed by atoms with Crippen molar-refractivity contribution in [1.82, 2.24) is 10.1 Å². The van der Waals surface area contributed by atoms with Crippen LogP contribution < -0.4 is 5.73 Å². The summed E-state index contributed by atoms with van der Waals surface area (Å²) in [7, 11) is 0. The molecule has 1 atom stereocenters. The minimum absolute atomic E-state index is 0.328. The lowest BCUT2D eigenvalue weighted by Gasteiger charge is -2.23. The molecule has 0 aromatic carbocycles. The number of hydrogen-bond donors (Lipinski definition) is 1. The Balaban J connectivity index is 1.79. The summed E-state index contributed by atoms with van der Waals surface area (Å²) in [6.07, 6.45) is 8.02. The van der Waals surface area contributed by atoms with Crippen LogP contribution in [0.4, 0.5) is 0 Å². The van der Waals surface area contributed by atoms with Crippen molar-refractivity contribution in [3.63, 3.8) is 0 Å². The number of hydrogen-bond acceptors (Lipinski definition) is 4. The number of aromatic nitrogens is 2. The fourth-order valence-electron chi connectivity index (χ4n) is 3.05. The zero-order chi connectivity index (χ0) is 12.8. The van der Waals surface area contributed by atoms with Crippen molar-refractivity contribution in [2.45, 2.75) is 70.3 Å². The second kappa shape index (κ2) is 4.05. The van der Waals surface area contributed by atoms with E-state index in [1.807, 2.05) is 0 Å². The van der Waals surface area contributed by atoms with Gasteiger partial charge in [0.15, 0.2) is 5.82 Å². The van der Waals surface area contributed by atoms with Gasteiger partial charge in [0.1, 0.15) is 0 Å². The molecule has 0 saturated heterocycles. The lowest BCUT2D eigenvalue weighted by atomic mass is 9.91. The van der Waals surface area contributed by atoms with Gasteiger partial charge in [-0.3, -0.25) is 0 Å². The predicted molar refractivity (Wildman–Crippen MR) is 69.0 cm³/mol. The summed E-state index contributed by atoms with van der Waals surface area (Å²) in [5.41, 5.74) is 6.48. The van der Waals surface area contributed by atoms with E-state index in [0.717, 1.165) is 31.0 Å². The second-order valence-electron chi connectivity index (χ2n) is 6.77. The normalized spacial score (nSPS) is 29.8. The summed E-state index contributed by atoms with van der Waals surface area (Å²) in [6.45, 7) is 4.48. The summed E-state index contributed by atoms with van der Waals surface area (Å²) >= 11 is 0. The van der Waals surface area contributed by atoms with Gasteiger partial charge in [-0.1, -0.05) is 44.7 Å². The van der Waals surface area contributed by atoms with Crippen LogP contribution >= 0.6 is 0 Å². The molecule has 2 fully saturated rings. The number of nitrogens with zero attached hydrogens (tertiary/aromatic N) is 2. The smallest absolute Gasteiger partial charge is 0.230 e. The molecule has 1 aromatic heterocycles. The van der Waals surface area contributed by atoms with E-state index in [2.05, 4.69) is 24.0 Å². The highest BCUT2D eigenvalue weighted by atomic mass is 16.5. The lowest BCUT2D eigenvalue weighted by molar-refractivity contribution is 0.322. The average molecular weight is 249 g/mol. The van der Waals surface area contributed by atoms with Crippen LogP contribution in [0.5, 0.6) is 0 Å². The van der Waals surface area contributed by atoms with Crippen molar-refractivity contribution in [3.8, 4) is 0 Å². The van der Waals surface area contributed by atoms with E-state index in [1.54, 1.807) is 0 Å². The Hall–Kier alpha value is -0.900. The molecule has 18 heavy (non-hydrogen) atoms. The van der Waals surface area contributed by atoms with E-state index in [0.29, 0.717) is 11.3 Å². The average Bonchev–Trinajstić information content (AvgIpc) is 2.79. The number of rotatable bonds is 2. The van der Waals surface area contributed by atoms with Gasteiger partial charge in [0.05, 0.1) is 5.54 Å². The van der Waals surface area contributed by atoms with Crippen molar-refractivity contribution < 1.29 is 4.52 Å². The fourth-order valence-corrected chi connectivity index (χ4v) is 3.05. The summed E-state index contributed by atoms with van der Waals surface area (Å²) in [5, 5.41) is 4.17. The lowest BCUT2D eigenvalue weighted by Crippen LogP contribution is -2.37. The molecule has 3 rings (SSSR count). The molecule has 1 aromatic rings. The molecule has 2 N–H and O–H groups in total. The van der Waals surface area contributed by atoms with Crippen LogP contribution in [0, 0.1) is 5.41 Å². The highest BCUT2D eigenvalue weighted by Gasteiger charge is 2.50. The van der Waals surface area contributed by atoms with E-state index in [4.69, 9.17) is 10.3 Å². The molecule has 0 spiro atoms. The third-order valence-corrected chi connectivity index (χ3v) is 4.69. The minimum Gasteiger partial charge on any atom is -0.339 e. The SMILES string of the molecule is CC1(C)CC1c1nc(C2(N)CCCCCC2)no1. The van der Waals surface area contributed by atoms with Gasteiger partial charge in [-0.05, 0) is 24.7 Å². The first kappa shape index (κ1) is 12.2.